The lowest BCUT2D eigenvalue weighted by molar-refractivity contribution is 0.0483. The third-order valence-corrected chi connectivity index (χ3v) is 3.80. The van der Waals surface area contributed by atoms with Gasteiger partial charge in [-0.25, -0.2) is 0 Å². The van der Waals surface area contributed by atoms with E-state index >= 15 is 0 Å². The molecule has 0 aromatic heterocycles. The molecule has 0 spiro atoms. The van der Waals surface area contributed by atoms with Crippen LogP contribution in [0.1, 0.15) is 25.3 Å². The van der Waals surface area contributed by atoms with E-state index in [0.717, 1.165) is 57.2 Å². The van der Waals surface area contributed by atoms with Gasteiger partial charge in [-0.05, 0) is 37.5 Å². The molecule has 110 valence electrons. The first-order valence-electron chi connectivity index (χ1n) is 7.53. The van der Waals surface area contributed by atoms with E-state index in [9.17, 15) is 0 Å². The Morgan fingerprint density at radius 2 is 2.00 bits per heavy atom. The van der Waals surface area contributed by atoms with Gasteiger partial charge in [0.1, 0.15) is 0 Å². The predicted molar refractivity (Wildman–Crippen MR) is 77.6 cm³/mol. The van der Waals surface area contributed by atoms with Crippen molar-refractivity contribution in [3.8, 4) is 11.5 Å². The molecule has 0 radical (unpaired) electrons. The first-order chi connectivity index (χ1) is 9.81. The zero-order valence-corrected chi connectivity index (χ0v) is 12.1. The molecule has 2 atom stereocenters. The Hall–Kier alpha value is -1.26. The van der Waals surface area contributed by atoms with Crippen molar-refractivity contribution < 1.29 is 14.2 Å². The summed E-state index contributed by atoms with van der Waals surface area (Å²) in [5.41, 5.74) is 1.30. The van der Waals surface area contributed by atoms with Gasteiger partial charge in [0, 0.05) is 18.5 Å². The standard InChI is InChI=1S/C16H23NO3/c1-12-10-18-11-14(17-12)5-3-13-4-6-15-16(9-13)20-8-2-7-19-15/h4,6,9,12,14,17H,2-3,5,7-8,10-11H2,1H3. The molecule has 2 aliphatic rings. The summed E-state index contributed by atoms with van der Waals surface area (Å²) in [6.45, 7) is 5.29. The van der Waals surface area contributed by atoms with Crippen LogP contribution in [0.15, 0.2) is 18.2 Å². The molecule has 4 nitrogen and oxygen atoms in total. The number of nitrogens with one attached hydrogen (secondary N) is 1. The van der Waals surface area contributed by atoms with Crippen LogP contribution in [0.25, 0.3) is 0 Å². The molecule has 2 unspecified atom stereocenters. The lowest BCUT2D eigenvalue weighted by Gasteiger charge is -2.29. The molecule has 0 saturated carbocycles. The highest BCUT2D eigenvalue weighted by Crippen LogP contribution is 2.30. The van der Waals surface area contributed by atoms with Gasteiger partial charge in [0.05, 0.1) is 26.4 Å². The Morgan fingerprint density at radius 3 is 2.85 bits per heavy atom. The van der Waals surface area contributed by atoms with Crippen LogP contribution in [-0.2, 0) is 11.2 Å². The van der Waals surface area contributed by atoms with Crippen molar-refractivity contribution in [2.75, 3.05) is 26.4 Å². The molecule has 1 N–H and O–H groups in total. The predicted octanol–water partition coefficient (Wildman–Crippen LogP) is 2.16. The number of fused-ring (bicyclic) bond motifs is 1. The second-order valence-corrected chi connectivity index (χ2v) is 5.67. The monoisotopic (exact) mass is 277 g/mol. The normalized spacial score (nSPS) is 26.1. The van der Waals surface area contributed by atoms with Crippen LogP contribution in [-0.4, -0.2) is 38.5 Å². The van der Waals surface area contributed by atoms with Crippen LogP contribution in [0, 0.1) is 0 Å². The summed E-state index contributed by atoms with van der Waals surface area (Å²) in [5.74, 6) is 1.76. The van der Waals surface area contributed by atoms with Crippen molar-refractivity contribution in [3.05, 3.63) is 23.8 Å². The number of aryl methyl sites for hydroxylation is 1. The van der Waals surface area contributed by atoms with Crippen LogP contribution in [0.3, 0.4) is 0 Å². The van der Waals surface area contributed by atoms with E-state index in [4.69, 9.17) is 14.2 Å². The number of ether oxygens (including phenoxy) is 3. The largest absolute Gasteiger partial charge is 0.490 e. The Balaban J connectivity index is 1.59. The van der Waals surface area contributed by atoms with Gasteiger partial charge in [0.2, 0.25) is 0 Å². The molecule has 0 amide bonds. The molecule has 0 aliphatic carbocycles. The third-order valence-electron chi connectivity index (χ3n) is 3.80. The van der Waals surface area contributed by atoms with Gasteiger partial charge >= 0.3 is 0 Å². The Morgan fingerprint density at radius 1 is 1.15 bits per heavy atom. The van der Waals surface area contributed by atoms with E-state index in [1.807, 2.05) is 6.07 Å². The van der Waals surface area contributed by atoms with Crippen LogP contribution < -0.4 is 14.8 Å². The topological polar surface area (TPSA) is 39.7 Å². The zero-order chi connectivity index (χ0) is 13.8. The summed E-state index contributed by atoms with van der Waals surface area (Å²) in [6, 6.07) is 7.20. The second-order valence-electron chi connectivity index (χ2n) is 5.67. The molecular weight excluding hydrogens is 254 g/mol. The van der Waals surface area contributed by atoms with Crippen molar-refractivity contribution in [2.45, 2.75) is 38.3 Å². The summed E-state index contributed by atoms with van der Waals surface area (Å²) in [4.78, 5) is 0. The number of rotatable bonds is 3. The Bertz CT molecular complexity index is 449. The van der Waals surface area contributed by atoms with Gasteiger partial charge in [-0.2, -0.15) is 0 Å². The minimum Gasteiger partial charge on any atom is -0.490 e. The van der Waals surface area contributed by atoms with E-state index < -0.39 is 0 Å². The fraction of sp³-hybridized carbons (Fsp3) is 0.625. The maximum atomic E-state index is 5.73. The Labute approximate surface area is 120 Å². The number of morpholine rings is 1. The molecule has 1 aromatic rings. The third kappa shape index (κ3) is 3.44. The second kappa shape index (κ2) is 6.46. The van der Waals surface area contributed by atoms with Crippen molar-refractivity contribution in [1.29, 1.82) is 0 Å². The van der Waals surface area contributed by atoms with Crippen molar-refractivity contribution in [3.63, 3.8) is 0 Å². The molecule has 2 aliphatic heterocycles. The number of hydrogen-bond donors (Lipinski definition) is 1. The summed E-state index contributed by atoms with van der Waals surface area (Å²) in [7, 11) is 0. The highest BCUT2D eigenvalue weighted by atomic mass is 16.5. The fourth-order valence-electron chi connectivity index (χ4n) is 2.76. The molecule has 4 heteroatoms. The first kappa shape index (κ1) is 13.7. The molecular formula is C16H23NO3. The maximum Gasteiger partial charge on any atom is 0.161 e. The van der Waals surface area contributed by atoms with Gasteiger partial charge in [-0.1, -0.05) is 6.07 Å². The molecule has 1 fully saturated rings. The van der Waals surface area contributed by atoms with E-state index in [2.05, 4.69) is 24.4 Å². The lowest BCUT2D eigenvalue weighted by atomic mass is 10.0. The quantitative estimate of drug-likeness (QED) is 0.919. The van der Waals surface area contributed by atoms with Crippen LogP contribution in [0.4, 0.5) is 0 Å². The number of benzene rings is 1. The summed E-state index contributed by atoms with van der Waals surface area (Å²) in [5, 5.41) is 3.58. The lowest BCUT2D eigenvalue weighted by Crippen LogP contribution is -2.47. The average Bonchev–Trinajstić information content (AvgIpc) is 2.70. The fourth-order valence-corrected chi connectivity index (χ4v) is 2.76. The molecule has 0 bridgehead atoms. The summed E-state index contributed by atoms with van der Waals surface area (Å²) in [6.07, 6.45) is 3.07. The van der Waals surface area contributed by atoms with Crippen molar-refractivity contribution in [2.24, 2.45) is 0 Å². The van der Waals surface area contributed by atoms with Gasteiger partial charge in [0.15, 0.2) is 11.5 Å². The van der Waals surface area contributed by atoms with Crippen LogP contribution in [0.2, 0.25) is 0 Å². The van der Waals surface area contributed by atoms with E-state index in [1.54, 1.807) is 0 Å². The molecule has 3 rings (SSSR count). The smallest absolute Gasteiger partial charge is 0.161 e. The molecule has 2 heterocycles. The molecule has 1 saturated heterocycles. The molecule has 1 aromatic carbocycles. The van der Waals surface area contributed by atoms with Gasteiger partial charge < -0.3 is 19.5 Å². The van der Waals surface area contributed by atoms with Crippen molar-refractivity contribution in [1.82, 2.24) is 5.32 Å². The van der Waals surface area contributed by atoms with Crippen molar-refractivity contribution >= 4 is 0 Å². The zero-order valence-electron chi connectivity index (χ0n) is 12.1. The first-order valence-corrected chi connectivity index (χ1v) is 7.53. The van der Waals surface area contributed by atoms with Gasteiger partial charge in [0.25, 0.3) is 0 Å². The summed E-state index contributed by atoms with van der Waals surface area (Å²) >= 11 is 0. The summed E-state index contributed by atoms with van der Waals surface area (Å²) < 4.78 is 17.0. The SMILES string of the molecule is CC1COCC(CCc2ccc3c(c2)OCCCO3)N1. The van der Waals surface area contributed by atoms with Gasteiger partial charge in [-0.15, -0.1) is 0 Å². The highest BCUT2D eigenvalue weighted by molar-refractivity contribution is 5.43. The average molecular weight is 277 g/mol. The van der Waals surface area contributed by atoms with Crippen LogP contribution >= 0.6 is 0 Å². The molecule has 20 heavy (non-hydrogen) atoms. The van der Waals surface area contributed by atoms with E-state index in [1.165, 1.54) is 5.56 Å². The van der Waals surface area contributed by atoms with E-state index in [0.29, 0.717) is 12.1 Å². The minimum atomic E-state index is 0.453. The van der Waals surface area contributed by atoms with Crippen LogP contribution in [0.5, 0.6) is 11.5 Å². The highest BCUT2D eigenvalue weighted by Gasteiger charge is 2.18. The number of hydrogen-bond acceptors (Lipinski definition) is 4. The van der Waals surface area contributed by atoms with Gasteiger partial charge in [-0.3, -0.25) is 0 Å². The Kier molecular flexibility index (Phi) is 4.43. The maximum absolute atomic E-state index is 5.73. The minimum absolute atomic E-state index is 0.453. The van der Waals surface area contributed by atoms with E-state index in [-0.39, 0.29) is 0 Å².